The second-order valence-corrected chi connectivity index (χ2v) is 6.39. The lowest BCUT2D eigenvalue weighted by Gasteiger charge is -2.38. The molecule has 0 radical (unpaired) electrons. The molecule has 1 aromatic heterocycles. The Morgan fingerprint density at radius 2 is 2.06 bits per heavy atom. The van der Waals surface area contributed by atoms with Gasteiger partial charge in [0.05, 0.1) is 5.69 Å². The summed E-state index contributed by atoms with van der Waals surface area (Å²) in [6.07, 6.45) is 7.04. The number of rotatable bonds is 3. The Balaban J connectivity index is 1.91. The van der Waals surface area contributed by atoms with Gasteiger partial charge in [-0.15, -0.1) is 0 Å². The van der Waals surface area contributed by atoms with Gasteiger partial charge in [0, 0.05) is 24.5 Å². The molecule has 1 heterocycles. The minimum atomic E-state index is 0.534. The molecule has 3 heteroatoms. The molecule has 3 nitrogen and oxygen atoms in total. The number of nitrogens with two attached hydrogens (primary N) is 1. The van der Waals surface area contributed by atoms with E-state index in [-0.39, 0.29) is 0 Å². The van der Waals surface area contributed by atoms with Gasteiger partial charge in [0.2, 0.25) is 0 Å². The summed E-state index contributed by atoms with van der Waals surface area (Å²) in [6, 6.07) is 4.51. The van der Waals surface area contributed by atoms with E-state index in [1.165, 1.54) is 25.7 Å². The molecule has 1 fully saturated rings. The number of hydrogen-bond donors (Lipinski definition) is 1. The summed E-state index contributed by atoms with van der Waals surface area (Å²) in [7, 11) is 2.20. The van der Waals surface area contributed by atoms with Crippen molar-refractivity contribution in [3.05, 3.63) is 24.0 Å². The van der Waals surface area contributed by atoms with Crippen LogP contribution in [0.2, 0.25) is 0 Å². The van der Waals surface area contributed by atoms with Crippen LogP contribution in [-0.4, -0.2) is 23.0 Å². The van der Waals surface area contributed by atoms with Crippen LogP contribution < -0.4 is 5.73 Å². The molecule has 18 heavy (non-hydrogen) atoms. The maximum absolute atomic E-state index is 5.79. The number of aromatic nitrogens is 1. The third kappa shape index (κ3) is 3.45. The fraction of sp³-hybridized carbons (Fsp3) is 0.667. The topological polar surface area (TPSA) is 42.1 Å². The van der Waals surface area contributed by atoms with Crippen LogP contribution in [0.25, 0.3) is 0 Å². The zero-order valence-electron chi connectivity index (χ0n) is 11.8. The molecule has 0 atom stereocenters. The van der Waals surface area contributed by atoms with Crippen LogP contribution in [0.4, 0.5) is 5.69 Å². The third-order valence-electron chi connectivity index (χ3n) is 4.18. The minimum Gasteiger partial charge on any atom is -0.399 e. The van der Waals surface area contributed by atoms with Crippen molar-refractivity contribution in [2.45, 2.75) is 52.1 Å². The van der Waals surface area contributed by atoms with Gasteiger partial charge in [-0.2, -0.15) is 0 Å². The number of hydrogen-bond acceptors (Lipinski definition) is 3. The van der Waals surface area contributed by atoms with Crippen molar-refractivity contribution in [2.24, 2.45) is 5.41 Å². The second-order valence-electron chi connectivity index (χ2n) is 6.39. The lowest BCUT2D eigenvalue weighted by molar-refractivity contribution is 0.122. The van der Waals surface area contributed by atoms with Crippen molar-refractivity contribution in [2.75, 3.05) is 12.8 Å². The predicted octanol–water partition coefficient (Wildman–Crippen LogP) is 3.06. The normalized spacial score (nSPS) is 20.2. The maximum atomic E-state index is 5.79. The molecule has 1 aliphatic carbocycles. The summed E-state index contributed by atoms with van der Waals surface area (Å²) in [4.78, 5) is 6.81. The van der Waals surface area contributed by atoms with Crippen molar-refractivity contribution in [1.82, 2.24) is 9.88 Å². The Hall–Kier alpha value is -1.09. The van der Waals surface area contributed by atoms with Crippen LogP contribution in [-0.2, 0) is 6.54 Å². The first-order valence-corrected chi connectivity index (χ1v) is 6.87. The van der Waals surface area contributed by atoms with E-state index in [1.54, 1.807) is 6.20 Å². The zero-order chi connectivity index (χ0) is 13.2. The van der Waals surface area contributed by atoms with Gasteiger partial charge in [-0.25, -0.2) is 0 Å². The Kier molecular flexibility index (Phi) is 3.91. The van der Waals surface area contributed by atoms with Crippen LogP contribution in [0.3, 0.4) is 0 Å². The highest BCUT2D eigenvalue weighted by atomic mass is 15.1. The van der Waals surface area contributed by atoms with E-state index in [0.29, 0.717) is 11.5 Å². The molecule has 0 amide bonds. The summed E-state index contributed by atoms with van der Waals surface area (Å²) in [5.41, 5.74) is 8.20. The molecule has 0 aliphatic heterocycles. The lowest BCUT2D eigenvalue weighted by Crippen LogP contribution is -2.36. The van der Waals surface area contributed by atoms with Gasteiger partial charge >= 0.3 is 0 Å². The first-order chi connectivity index (χ1) is 8.46. The Morgan fingerprint density at radius 3 is 2.67 bits per heavy atom. The van der Waals surface area contributed by atoms with Gasteiger partial charge in [-0.05, 0) is 50.3 Å². The van der Waals surface area contributed by atoms with Gasteiger partial charge in [0.1, 0.15) is 0 Å². The highest BCUT2D eigenvalue weighted by Gasteiger charge is 2.28. The second kappa shape index (κ2) is 5.27. The summed E-state index contributed by atoms with van der Waals surface area (Å²) < 4.78 is 0. The smallest absolute Gasteiger partial charge is 0.0564 e. The van der Waals surface area contributed by atoms with E-state index in [1.807, 2.05) is 12.1 Å². The standard InChI is InChI=1S/C15H25N3/c1-15(2)7-4-14(5-8-15)18(3)11-13-10-12(16)6-9-17-13/h6,9-10,14H,4-5,7-8,11H2,1-3H3,(H2,16,17). The largest absolute Gasteiger partial charge is 0.399 e. The first-order valence-electron chi connectivity index (χ1n) is 6.87. The van der Waals surface area contributed by atoms with Crippen LogP contribution in [0, 0.1) is 5.41 Å². The molecule has 0 aromatic carbocycles. The SMILES string of the molecule is CN(Cc1cc(N)ccn1)C1CCC(C)(C)CC1. The molecular weight excluding hydrogens is 222 g/mol. The Labute approximate surface area is 110 Å². The fourth-order valence-electron chi connectivity index (χ4n) is 2.79. The van der Waals surface area contributed by atoms with E-state index < -0.39 is 0 Å². The first kappa shape index (κ1) is 13.3. The van der Waals surface area contributed by atoms with E-state index in [0.717, 1.165) is 17.9 Å². The summed E-state index contributed by atoms with van der Waals surface area (Å²) in [6.45, 7) is 5.65. The fourth-order valence-corrected chi connectivity index (χ4v) is 2.79. The van der Waals surface area contributed by atoms with Gasteiger partial charge < -0.3 is 5.73 Å². The van der Waals surface area contributed by atoms with E-state index in [4.69, 9.17) is 5.73 Å². The highest BCUT2D eigenvalue weighted by molar-refractivity contribution is 5.37. The van der Waals surface area contributed by atoms with Crippen molar-refractivity contribution in [1.29, 1.82) is 0 Å². The molecular formula is C15H25N3. The van der Waals surface area contributed by atoms with E-state index in [9.17, 15) is 0 Å². The quantitative estimate of drug-likeness (QED) is 0.892. The van der Waals surface area contributed by atoms with Crippen LogP contribution >= 0.6 is 0 Å². The lowest BCUT2D eigenvalue weighted by atomic mass is 9.75. The molecule has 2 N–H and O–H groups in total. The third-order valence-corrected chi connectivity index (χ3v) is 4.18. The van der Waals surface area contributed by atoms with Gasteiger partial charge in [-0.1, -0.05) is 13.8 Å². The molecule has 2 rings (SSSR count). The van der Waals surface area contributed by atoms with E-state index >= 15 is 0 Å². The number of nitrogens with zero attached hydrogens (tertiary/aromatic N) is 2. The predicted molar refractivity (Wildman–Crippen MR) is 76.2 cm³/mol. The average molecular weight is 247 g/mol. The number of nitrogen functional groups attached to an aromatic ring is 1. The summed E-state index contributed by atoms with van der Waals surface area (Å²) in [5, 5.41) is 0. The van der Waals surface area contributed by atoms with Gasteiger partial charge in [0.25, 0.3) is 0 Å². The number of anilines is 1. The molecule has 0 spiro atoms. The molecule has 1 saturated carbocycles. The van der Waals surface area contributed by atoms with E-state index in [2.05, 4.69) is 30.8 Å². The van der Waals surface area contributed by atoms with Crippen LogP contribution in [0.15, 0.2) is 18.3 Å². The molecule has 0 bridgehead atoms. The molecule has 0 unspecified atom stereocenters. The Bertz CT molecular complexity index is 390. The average Bonchev–Trinajstić information content (AvgIpc) is 2.28. The van der Waals surface area contributed by atoms with Crippen molar-refractivity contribution in [3.8, 4) is 0 Å². The summed E-state index contributed by atoms with van der Waals surface area (Å²) in [5.74, 6) is 0. The minimum absolute atomic E-state index is 0.534. The van der Waals surface area contributed by atoms with Crippen LogP contribution in [0.1, 0.15) is 45.2 Å². The Morgan fingerprint density at radius 1 is 1.39 bits per heavy atom. The van der Waals surface area contributed by atoms with Crippen molar-refractivity contribution in [3.63, 3.8) is 0 Å². The maximum Gasteiger partial charge on any atom is 0.0564 e. The molecule has 0 saturated heterocycles. The van der Waals surface area contributed by atoms with Crippen molar-refractivity contribution >= 4 is 5.69 Å². The zero-order valence-corrected chi connectivity index (χ0v) is 11.8. The molecule has 1 aromatic rings. The highest BCUT2D eigenvalue weighted by Crippen LogP contribution is 2.36. The van der Waals surface area contributed by atoms with Crippen LogP contribution in [0.5, 0.6) is 0 Å². The van der Waals surface area contributed by atoms with Gasteiger partial charge in [0.15, 0.2) is 0 Å². The van der Waals surface area contributed by atoms with Gasteiger partial charge in [-0.3, -0.25) is 9.88 Å². The molecule has 1 aliphatic rings. The summed E-state index contributed by atoms with van der Waals surface area (Å²) >= 11 is 0. The number of pyridine rings is 1. The monoisotopic (exact) mass is 247 g/mol. The molecule has 100 valence electrons. The van der Waals surface area contributed by atoms with Crippen molar-refractivity contribution < 1.29 is 0 Å².